The van der Waals surface area contributed by atoms with Gasteiger partial charge in [-0.2, -0.15) is 0 Å². The predicted molar refractivity (Wildman–Crippen MR) is 88.7 cm³/mol. The summed E-state index contributed by atoms with van der Waals surface area (Å²) >= 11 is 0. The van der Waals surface area contributed by atoms with Crippen molar-refractivity contribution in [2.45, 2.75) is 58.7 Å². The zero-order chi connectivity index (χ0) is 17.0. The second-order valence-electron chi connectivity index (χ2n) is 7.29. The van der Waals surface area contributed by atoms with Crippen molar-refractivity contribution in [2.75, 3.05) is 6.54 Å². The van der Waals surface area contributed by atoms with Crippen LogP contribution in [0.1, 0.15) is 44.7 Å². The molecule has 1 fully saturated rings. The maximum atomic E-state index is 13.1. The Labute approximate surface area is 137 Å². The first-order valence-corrected chi connectivity index (χ1v) is 8.20. The Kier molecular flexibility index (Phi) is 5.63. The highest BCUT2D eigenvalue weighted by molar-refractivity contribution is 5.68. The summed E-state index contributed by atoms with van der Waals surface area (Å²) in [6, 6.07) is 4.88. The Morgan fingerprint density at radius 1 is 1.39 bits per heavy atom. The third-order valence-corrected chi connectivity index (χ3v) is 3.88. The zero-order valence-electron chi connectivity index (χ0n) is 14.4. The van der Waals surface area contributed by atoms with Gasteiger partial charge in [-0.25, -0.2) is 9.18 Å². The summed E-state index contributed by atoms with van der Waals surface area (Å²) in [5.41, 5.74) is 1.51. The molecule has 1 aliphatic carbocycles. The number of benzene rings is 1. The molecule has 1 amide bonds. The molecule has 0 aliphatic heterocycles. The minimum Gasteiger partial charge on any atom is -0.444 e. The van der Waals surface area contributed by atoms with E-state index in [1.54, 1.807) is 6.07 Å². The zero-order valence-corrected chi connectivity index (χ0v) is 14.4. The van der Waals surface area contributed by atoms with Crippen molar-refractivity contribution in [3.63, 3.8) is 0 Å². The molecule has 5 heteroatoms. The Bertz CT molecular complexity index is 550. The molecule has 1 aliphatic rings. The molecule has 23 heavy (non-hydrogen) atoms. The molecular formula is C18H27FN2O2. The van der Waals surface area contributed by atoms with Gasteiger partial charge in [0.15, 0.2) is 0 Å². The third kappa shape index (κ3) is 6.18. The first kappa shape index (κ1) is 17.7. The van der Waals surface area contributed by atoms with Crippen molar-refractivity contribution in [1.82, 2.24) is 10.6 Å². The fourth-order valence-electron chi connectivity index (χ4n) is 2.51. The van der Waals surface area contributed by atoms with Crippen LogP contribution in [-0.4, -0.2) is 24.3 Å². The molecule has 2 N–H and O–H groups in total. The van der Waals surface area contributed by atoms with E-state index in [4.69, 9.17) is 4.74 Å². The second kappa shape index (κ2) is 7.30. The maximum absolute atomic E-state index is 13.1. The largest absolute Gasteiger partial charge is 0.444 e. The molecule has 0 radical (unpaired) electrons. The number of nitrogens with one attached hydrogen (secondary N) is 2. The van der Waals surface area contributed by atoms with Gasteiger partial charge in [-0.1, -0.05) is 6.07 Å². The molecule has 1 aromatic carbocycles. The molecule has 0 heterocycles. The Morgan fingerprint density at radius 2 is 2.09 bits per heavy atom. The second-order valence-corrected chi connectivity index (χ2v) is 7.29. The summed E-state index contributed by atoms with van der Waals surface area (Å²) in [6.45, 7) is 8.81. The van der Waals surface area contributed by atoms with E-state index in [9.17, 15) is 9.18 Å². The number of aryl methyl sites for hydroxylation is 1. The van der Waals surface area contributed by atoms with Crippen LogP contribution in [-0.2, 0) is 11.3 Å². The monoisotopic (exact) mass is 322 g/mol. The number of ether oxygens (including phenoxy) is 1. The lowest BCUT2D eigenvalue weighted by Gasteiger charge is -2.24. The Morgan fingerprint density at radius 3 is 2.65 bits per heavy atom. The standard InChI is InChI=1S/C18H27FN2O2/c1-12-9-15(19)8-7-14(12)10-20-11-16(13-5-6-13)21-17(22)23-18(2,3)4/h7-9,13,16,20H,5-6,10-11H2,1-4H3,(H,21,22). The number of alkyl carbamates (subject to hydrolysis) is 1. The quantitative estimate of drug-likeness (QED) is 0.842. The highest BCUT2D eigenvalue weighted by atomic mass is 19.1. The van der Waals surface area contributed by atoms with Gasteiger partial charge in [-0.15, -0.1) is 0 Å². The van der Waals surface area contributed by atoms with E-state index in [0.29, 0.717) is 19.0 Å². The van der Waals surface area contributed by atoms with Gasteiger partial charge in [0.1, 0.15) is 11.4 Å². The van der Waals surface area contributed by atoms with Crippen LogP contribution in [0.3, 0.4) is 0 Å². The topological polar surface area (TPSA) is 50.4 Å². The molecule has 1 unspecified atom stereocenters. The first-order valence-electron chi connectivity index (χ1n) is 8.20. The summed E-state index contributed by atoms with van der Waals surface area (Å²) < 4.78 is 18.4. The fraction of sp³-hybridized carbons (Fsp3) is 0.611. The summed E-state index contributed by atoms with van der Waals surface area (Å²) in [7, 11) is 0. The molecule has 0 aromatic heterocycles. The molecule has 1 saturated carbocycles. The number of hydrogen-bond acceptors (Lipinski definition) is 3. The lowest BCUT2D eigenvalue weighted by molar-refractivity contribution is 0.0497. The average molecular weight is 322 g/mol. The summed E-state index contributed by atoms with van der Waals surface area (Å²) in [5, 5.41) is 6.32. The molecule has 0 bridgehead atoms. The van der Waals surface area contributed by atoms with E-state index >= 15 is 0 Å². The predicted octanol–water partition coefficient (Wildman–Crippen LogP) is 3.53. The SMILES string of the molecule is Cc1cc(F)ccc1CNCC(NC(=O)OC(C)(C)C)C1CC1. The minimum absolute atomic E-state index is 0.0746. The summed E-state index contributed by atoms with van der Waals surface area (Å²) in [6.07, 6.45) is 1.91. The summed E-state index contributed by atoms with van der Waals surface area (Å²) in [5.74, 6) is 0.304. The smallest absolute Gasteiger partial charge is 0.407 e. The lowest BCUT2D eigenvalue weighted by Crippen LogP contribution is -2.45. The normalized spacial score (nSPS) is 16.0. The highest BCUT2D eigenvalue weighted by Gasteiger charge is 2.33. The molecule has 0 saturated heterocycles. The van der Waals surface area contributed by atoms with E-state index in [-0.39, 0.29) is 18.0 Å². The maximum Gasteiger partial charge on any atom is 0.407 e. The molecule has 1 aromatic rings. The van der Waals surface area contributed by atoms with Crippen LogP contribution >= 0.6 is 0 Å². The molecule has 1 atom stereocenters. The number of halogens is 1. The fourth-order valence-corrected chi connectivity index (χ4v) is 2.51. The van der Waals surface area contributed by atoms with Gasteiger partial charge >= 0.3 is 6.09 Å². The highest BCUT2D eigenvalue weighted by Crippen LogP contribution is 2.32. The van der Waals surface area contributed by atoms with Gasteiger partial charge in [0, 0.05) is 19.1 Å². The number of amides is 1. The van der Waals surface area contributed by atoms with Crippen molar-refractivity contribution >= 4 is 6.09 Å². The molecule has 0 spiro atoms. The summed E-state index contributed by atoms with van der Waals surface area (Å²) in [4.78, 5) is 11.9. The van der Waals surface area contributed by atoms with E-state index in [2.05, 4.69) is 10.6 Å². The van der Waals surface area contributed by atoms with E-state index in [1.807, 2.05) is 27.7 Å². The molecule has 4 nitrogen and oxygen atoms in total. The van der Waals surface area contributed by atoms with Gasteiger partial charge in [0.25, 0.3) is 0 Å². The molecule has 128 valence electrons. The first-order chi connectivity index (χ1) is 10.7. The number of rotatable bonds is 6. The van der Waals surface area contributed by atoms with E-state index < -0.39 is 5.60 Å². The van der Waals surface area contributed by atoms with Gasteiger partial charge in [0.05, 0.1) is 0 Å². The van der Waals surface area contributed by atoms with Crippen LogP contribution in [0.4, 0.5) is 9.18 Å². The number of carbonyl (C=O) groups is 1. The van der Waals surface area contributed by atoms with Crippen LogP contribution in [0.5, 0.6) is 0 Å². The van der Waals surface area contributed by atoms with E-state index in [1.165, 1.54) is 12.1 Å². The number of hydrogen-bond donors (Lipinski definition) is 2. The van der Waals surface area contributed by atoms with Crippen LogP contribution in [0, 0.1) is 18.7 Å². The van der Waals surface area contributed by atoms with Crippen LogP contribution in [0.2, 0.25) is 0 Å². The van der Waals surface area contributed by atoms with E-state index in [0.717, 1.165) is 24.0 Å². The van der Waals surface area contributed by atoms with Crippen LogP contribution in [0.25, 0.3) is 0 Å². The van der Waals surface area contributed by atoms with Gasteiger partial charge in [-0.3, -0.25) is 0 Å². The van der Waals surface area contributed by atoms with Crippen LogP contribution < -0.4 is 10.6 Å². The van der Waals surface area contributed by atoms with Crippen molar-refractivity contribution in [3.05, 3.63) is 35.1 Å². The Hall–Kier alpha value is -1.62. The van der Waals surface area contributed by atoms with Crippen molar-refractivity contribution in [3.8, 4) is 0 Å². The van der Waals surface area contributed by atoms with Crippen molar-refractivity contribution < 1.29 is 13.9 Å². The van der Waals surface area contributed by atoms with Crippen molar-refractivity contribution in [1.29, 1.82) is 0 Å². The van der Waals surface area contributed by atoms with Crippen molar-refractivity contribution in [2.24, 2.45) is 5.92 Å². The van der Waals surface area contributed by atoms with Gasteiger partial charge in [-0.05, 0) is 69.7 Å². The minimum atomic E-state index is -0.489. The van der Waals surface area contributed by atoms with Gasteiger partial charge in [0.2, 0.25) is 0 Å². The lowest BCUT2D eigenvalue weighted by atomic mass is 10.1. The average Bonchev–Trinajstić information content (AvgIpc) is 3.22. The van der Waals surface area contributed by atoms with Crippen LogP contribution in [0.15, 0.2) is 18.2 Å². The third-order valence-electron chi connectivity index (χ3n) is 3.88. The number of carbonyl (C=O) groups excluding carboxylic acids is 1. The molecular weight excluding hydrogens is 295 g/mol. The molecule has 2 rings (SSSR count). The Balaban J connectivity index is 1.82. The van der Waals surface area contributed by atoms with Gasteiger partial charge < -0.3 is 15.4 Å².